The van der Waals surface area contributed by atoms with Crippen LogP contribution in [-0.2, 0) is 25.5 Å². The van der Waals surface area contributed by atoms with Crippen LogP contribution < -0.4 is 4.90 Å². The first-order valence-electron chi connectivity index (χ1n) is 11.7. The second-order valence-corrected chi connectivity index (χ2v) is 11.2. The number of ether oxygens (including phenoxy) is 1. The number of nitrogens with zero attached hydrogens (tertiary/aromatic N) is 4. The lowest BCUT2D eigenvalue weighted by Gasteiger charge is -2.25. The minimum absolute atomic E-state index is 0.234. The molecule has 0 amide bonds. The molecule has 2 aromatic carbocycles. The first kappa shape index (κ1) is 25.7. The summed E-state index contributed by atoms with van der Waals surface area (Å²) >= 11 is 0. The summed E-state index contributed by atoms with van der Waals surface area (Å²) < 4.78 is 74.7. The average Bonchev–Trinajstić information content (AvgIpc) is 3.51. The fourth-order valence-corrected chi connectivity index (χ4v) is 6.81. The number of benzene rings is 2. The number of aromatic nitrogens is 3. The van der Waals surface area contributed by atoms with E-state index >= 15 is 0 Å². The zero-order valence-corrected chi connectivity index (χ0v) is 21.2. The Kier molecular flexibility index (Phi) is 6.38. The second-order valence-electron chi connectivity index (χ2n) is 8.99. The van der Waals surface area contributed by atoms with Gasteiger partial charge < -0.3 is 9.64 Å². The van der Waals surface area contributed by atoms with Crippen LogP contribution in [0.4, 0.5) is 19.0 Å². The number of hydrogen-bond donors (Lipinski definition) is 0. The molecule has 1 aliphatic rings. The average molecular weight is 545 g/mol. The van der Waals surface area contributed by atoms with Crippen molar-refractivity contribution in [3.8, 4) is 5.69 Å². The van der Waals surface area contributed by atoms with E-state index in [0.717, 1.165) is 23.6 Å². The van der Waals surface area contributed by atoms with Gasteiger partial charge in [-0.25, -0.2) is 17.9 Å². The summed E-state index contributed by atoms with van der Waals surface area (Å²) in [6.07, 6.45) is -3.49. The third kappa shape index (κ3) is 4.38. The van der Waals surface area contributed by atoms with Crippen molar-refractivity contribution in [2.24, 2.45) is 0 Å². The van der Waals surface area contributed by atoms with Crippen molar-refractivity contribution in [3.05, 3.63) is 78.1 Å². The molecule has 2 atom stereocenters. The van der Waals surface area contributed by atoms with Crippen molar-refractivity contribution in [1.29, 1.82) is 0 Å². The SMILES string of the molecule is COC(=O)[C@@H]1C[C@@H](S(=O)(=O)c2ccccc2C(F)(F)F)CN1c1cc(C)nn1-c1ccnc2ccccc12. The molecule has 0 N–H and O–H groups in total. The van der Waals surface area contributed by atoms with Gasteiger partial charge in [0.1, 0.15) is 11.9 Å². The largest absolute Gasteiger partial charge is 0.467 e. The van der Waals surface area contributed by atoms with Crippen molar-refractivity contribution in [2.75, 3.05) is 18.6 Å². The minimum atomic E-state index is -4.86. The van der Waals surface area contributed by atoms with E-state index < -0.39 is 43.7 Å². The van der Waals surface area contributed by atoms with Gasteiger partial charge in [0.05, 0.1) is 39.7 Å². The Morgan fingerprint density at radius 2 is 1.79 bits per heavy atom. The number of esters is 1. The highest BCUT2D eigenvalue weighted by molar-refractivity contribution is 7.92. The maximum absolute atomic E-state index is 13.7. The molecule has 0 unspecified atom stereocenters. The van der Waals surface area contributed by atoms with Gasteiger partial charge in [-0.15, -0.1) is 0 Å². The molecule has 0 aliphatic carbocycles. The number of hydrogen-bond acceptors (Lipinski definition) is 7. The molecule has 12 heteroatoms. The van der Waals surface area contributed by atoms with Crippen LogP contribution in [0.3, 0.4) is 0 Å². The number of halogens is 3. The van der Waals surface area contributed by atoms with Crippen LogP contribution in [0, 0.1) is 6.92 Å². The molecule has 1 aliphatic heterocycles. The van der Waals surface area contributed by atoms with Crippen LogP contribution in [0.15, 0.2) is 71.8 Å². The fourth-order valence-electron chi connectivity index (χ4n) is 4.90. The molecule has 5 rings (SSSR count). The van der Waals surface area contributed by atoms with E-state index in [2.05, 4.69) is 10.1 Å². The number of para-hydroxylation sites is 1. The molecule has 3 heterocycles. The lowest BCUT2D eigenvalue weighted by molar-refractivity contribution is -0.142. The van der Waals surface area contributed by atoms with Gasteiger partial charge in [0.2, 0.25) is 0 Å². The Balaban J connectivity index is 1.61. The van der Waals surface area contributed by atoms with Crippen molar-refractivity contribution >= 4 is 32.5 Å². The highest BCUT2D eigenvalue weighted by Gasteiger charge is 2.47. The standard InChI is InChI=1S/C26H23F3N4O4S/c1-16-13-24(33(31-16)21-11-12-30-20-9-5-3-7-18(20)21)32-15-17(14-22(32)25(34)37-2)38(35,36)23-10-6-4-8-19(23)26(27,28)29/h3-13,17,22H,14-15H2,1-2H3/t17-,22+/m1/s1. The van der Waals surface area contributed by atoms with Gasteiger partial charge in [0.15, 0.2) is 9.84 Å². The lowest BCUT2D eigenvalue weighted by atomic mass is 10.2. The van der Waals surface area contributed by atoms with Crippen molar-refractivity contribution in [1.82, 2.24) is 14.8 Å². The van der Waals surface area contributed by atoms with E-state index in [1.165, 1.54) is 13.2 Å². The van der Waals surface area contributed by atoms with Gasteiger partial charge in [0.25, 0.3) is 0 Å². The summed E-state index contributed by atoms with van der Waals surface area (Å²) in [5, 5.41) is 4.06. The second kappa shape index (κ2) is 9.43. The normalized spacial score (nSPS) is 18.2. The van der Waals surface area contributed by atoms with Gasteiger partial charge in [-0.1, -0.05) is 30.3 Å². The Morgan fingerprint density at radius 1 is 1.08 bits per heavy atom. The zero-order valence-electron chi connectivity index (χ0n) is 20.4. The molecule has 0 saturated carbocycles. The van der Waals surface area contributed by atoms with E-state index in [1.807, 2.05) is 24.3 Å². The van der Waals surface area contributed by atoms with Crippen LogP contribution >= 0.6 is 0 Å². The van der Waals surface area contributed by atoms with Crippen molar-refractivity contribution in [3.63, 3.8) is 0 Å². The molecule has 8 nitrogen and oxygen atoms in total. The highest BCUT2D eigenvalue weighted by atomic mass is 32.2. The summed E-state index contributed by atoms with van der Waals surface area (Å²) in [6.45, 7) is 1.52. The maximum atomic E-state index is 13.7. The molecule has 0 spiro atoms. The molecular formula is C26H23F3N4O4S. The summed E-state index contributed by atoms with van der Waals surface area (Å²) in [5.41, 5.74) is 0.714. The van der Waals surface area contributed by atoms with Crippen LogP contribution in [0.1, 0.15) is 17.7 Å². The zero-order chi connectivity index (χ0) is 27.2. The van der Waals surface area contributed by atoms with E-state index in [0.29, 0.717) is 22.7 Å². The van der Waals surface area contributed by atoms with Gasteiger partial charge >= 0.3 is 12.1 Å². The minimum Gasteiger partial charge on any atom is -0.467 e. The van der Waals surface area contributed by atoms with Crippen LogP contribution in [0.5, 0.6) is 0 Å². The highest BCUT2D eigenvalue weighted by Crippen LogP contribution is 2.39. The number of fused-ring (bicyclic) bond motifs is 1. The number of alkyl halides is 3. The van der Waals surface area contributed by atoms with Gasteiger partial charge in [-0.05, 0) is 37.6 Å². The lowest BCUT2D eigenvalue weighted by Crippen LogP contribution is -2.38. The van der Waals surface area contributed by atoms with E-state index in [-0.39, 0.29) is 13.0 Å². The van der Waals surface area contributed by atoms with E-state index in [4.69, 9.17) is 4.74 Å². The molecule has 1 fully saturated rings. The van der Waals surface area contributed by atoms with Crippen LogP contribution in [0.2, 0.25) is 0 Å². The monoisotopic (exact) mass is 544 g/mol. The topological polar surface area (TPSA) is 94.4 Å². The van der Waals surface area contributed by atoms with Gasteiger partial charge in [0, 0.05) is 24.2 Å². The number of pyridine rings is 1. The molecule has 38 heavy (non-hydrogen) atoms. The molecule has 0 radical (unpaired) electrons. The summed E-state index contributed by atoms with van der Waals surface area (Å²) in [4.78, 5) is 17.9. The van der Waals surface area contributed by atoms with Crippen molar-refractivity contribution in [2.45, 2.75) is 35.7 Å². The third-order valence-electron chi connectivity index (χ3n) is 6.63. The first-order chi connectivity index (χ1) is 18.0. The number of carbonyl (C=O) groups is 1. The summed E-state index contributed by atoms with van der Waals surface area (Å²) in [6, 6.07) is 13.9. The summed E-state index contributed by atoms with van der Waals surface area (Å²) in [5.74, 6) is -0.284. The summed E-state index contributed by atoms with van der Waals surface area (Å²) in [7, 11) is -3.30. The van der Waals surface area contributed by atoms with E-state index in [1.54, 1.807) is 34.8 Å². The molecule has 2 aromatic heterocycles. The Hall–Kier alpha value is -3.93. The molecule has 198 valence electrons. The number of rotatable bonds is 5. The van der Waals surface area contributed by atoms with Gasteiger partial charge in [-0.2, -0.15) is 18.3 Å². The number of sulfone groups is 1. The molecule has 4 aromatic rings. The van der Waals surface area contributed by atoms with Crippen molar-refractivity contribution < 1.29 is 31.1 Å². The number of methoxy groups -OCH3 is 1. The molecule has 0 bridgehead atoms. The first-order valence-corrected chi connectivity index (χ1v) is 13.2. The molecular weight excluding hydrogens is 521 g/mol. The number of carbonyl (C=O) groups excluding carboxylic acids is 1. The van der Waals surface area contributed by atoms with E-state index in [9.17, 15) is 26.4 Å². The molecule has 1 saturated heterocycles. The van der Waals surface area contributed by atoms with Crippen LogP contribution in [0.25, 0.3) is 16.6 Å². The Morgan fingerprint density at radius 3 is 2.53 bits per heavy atom. The smallest absolute Gasteiger partial charge is 0.417 e. The Bertz CT molecular complexity index is 1630. The predicted octanol–water partition coefficient (Wildman–Crippen LogP) is 4.34. The number of aryl methyl sites for hydroxylation is 1. The quantitative estimate of drug-likeness (QED) is 0.345. The van der Waals surface area contributed by atoms with Gasteiger partial charge in [-0.3, -0.25) is 4.98 Å². The maximum Gasteiger partial charge on any atom is 0.417 e. The Labute approximate surface area is 216 Å². The predicted molar refractivity (Wildman–Crippen MR) is 134 cm³/mol. The number of anilines is 1. The van der Waals surface area contributed by atoms with Crippen LogP contribution in [-0.4, -0.2) is 54.1 Å². The fraction of sp³-hybridized carbons (Fsp3) is 0.269. The third-order valence-corrected chi connectivity index (χ3v) is 8.82.